The Bertz CT molecular complexity index is 1640. The van der Waals surface area contributed by atoms with Crippen LogP contribution in [-0.2, 0) is 6.54 Å². The summed E-state index contributed by atoms with van der Waals surface area (Å²) in [5.41, 5.74) is 3.95. The summed E-state index contributed by atoms with van der Waals surface area (Å²) in [6.45, 7) is 4.18. The van der Waals surface area contributed by atoms with Crippen LogP contribution < -0.4 is 15.6 Å². The summed E-state index contributed by atoms with van der Waals surface area (Å²) in [4.78, 5) is 41.0. The monoisotopic (exact) mass is 560 g/mol. The number of aromatic amines is 2. The lowest BCUT2D eigenvalue weighted by atomic mass is 10.0. The van der Waals surface area contributed by atoms with Crippen molar-refractivity contribution in [2.75, 3.05) is 38.6 Å². The molecule has 1 fully saturated rings. The molecular formula is C30H33FN6O4. The van der Waals surface area contributed by atoms with Crippen molar-refractivity contribution in [1.29, 1.82) is 0 Å². The minimum atomic E-state index is -0.974. The van der Waals surface area contributed by atoms with Crippen LogP contribution in [0.1, 0.15) is 34.3 Å². The molecule has 1 amide bonds. The Morgan fingerprint density at radius 1 is 1.22 bits per heavy atom. The largest absolute Gasteiger partial charge is 0.487 e. The number of pyridine rings is 1. The van der Waals surface area contributed by atoms with Crippen molar-refractivity contribution in [3.8, 4) is 17.1 Å². The van der Waals surface area contributed by atoms with Gasteiger partial charge in [0.05, 0.1) is 16.7 Å². The first kappa shape index (κ1) is 27.0. The number of nitrogens with one attached hydrogen (secondary N) is 3. The number of aromatic nitrogens is 3. The number of benzene rings is 2. The van der Waals surface area contributed by atoms with Gasteiger partial charge in [-0.1, -0.05) is 12.1 Å². The molecule has 1 atom stereocenters. The summed E-state index contributed by atoms with van der Waals surface area (Å²) in [6.07, 6.45) is 2.46. The second kappa shape index (κ2) is 11.0. The number of anilines is 1. The fourth-order valence-electron chi connectivity index (χ4n) is 5.69. The summed E-state index contributed by atoms with van der Waals surface area (Å²) in [7, 11) is 2.10. The second-order valence-electron chi connectivity index (χ2n) is 10.9. The molecule has 11 heteroatoms. The van der Waals surface area contributed by atoms with Gasteiger partial charge < -0.3 is 34.9 Å². The SMILES string of the molecule is Cc1cccc(F)c1OC[C@H](O)CNc1cc[nH]c(=O)c1-c1nc2cc3c(cc2[nH]1)CN(C1CCN(C)CC1)C3=O. The number of nitrogens with zero attached hydrogens (tertiary/aromatic N) is 3. The van der Waals surface area contributed by atoms with Crippen molar-refractivity contribution >= 4 is 22.6 Å². The Kier molecular flexibility index (Phi) is 7.22. The highest BCUT2D eigenvalue weighted by atomic mass is 19.1. The third kappa shape index (κ3) is 5.30. The van der Waals surface area contributed by atoms with Crippen molar-refractivity contribution in [3.63, 3.8) is 0 Å². The molecule has 41 heavy (non-hydrogen) atoms. The van der Waals surface area contributed by atoms with Gasteiger partial charge >= 0.3 is 0 Å². The van der Waals surface area contributed by atoms with Crippen molar-refractivity contribution in [2.24, 2.45) is 0 Å². The Hall–Kier alpha value is -4.22. The highest BCUT2D eigenvalue weighted by molar-refractivity contribution is 6.02. The molecule has 2 aromatic heterocycles. The number of aryl methyl sites for hydroxylation is 1. The van der Waals surface area contributed by atoms with Gasteiger partial charge in [0, 0.05) is 30.9 Å². The first-order valence-electron chi connectivity index (χ1n) is 13.8. The third-order valence-corrected chi connectivity index (χ3v) is 7.98. The van der Waals surface area contributed by atoms with Crippen LogP contribution in [0.25, 0.3) is 22.4 Å². The van der Waals surface area contributed by atoms with Gasteiger partial charge in [-0.25, -0.2) is 9.37 Å². The van der Waals surface area contributed by atoms with E-state index < -0.39 is 11.9 Å². The van der Waals surface area contributed by atoms with Gasteiger partial charge in [-0.3, -0.25) is 9.59 Å². The molecule has 0 spiro atoms. The van der Waals surface area contributed by atoms with Crippen LogP contribution >= 0.6 is 0 Å². The zero-order chi connectivity index (χ0) is 28.7. The van der Waals surface area contributed by atoms with Crippen molar-refractivity contribution < 1.29 is 19.0 Å². The number of hydrogen-bond donors (Lipinski definition) is 4. The number of carbonyl (C=O) groups is 1. The van der Waals surface area contributed by atoms with Crippen molar-refractivity contribution in [3.05, 3.63) is 75.5 Å². The van der Waals surface area contributed by atoms with E-state index in [0.29, 0.717) is 34.7 Å². The number of ether oxygens (including phenoxy) is 1. The average molecular weight is 561 g/mol. The van der Waals surface area contributed by atoms with Crippen molar-refractivity contribution in [2.45, 2.75) is 38.5 Å². The lowest BCUT2D eigenvalue weighted by Gasteiger charge is -2.34. The number of hydrogen-bond acceptors (Lipinski definition) is 7. The van der Waals surface area contributed by atoms with E-state index in [9.17, 15) is 19.1 Å². The lowest BCUT2D eigenvalue weighted by molar-refractivity contribution is 0.0617. The fraction of sp³-hybridized carbons (Fsp3) is 0.367. The molecule has 0 bridgehead atoms. The highest BCUT2D eigenvalue weighted by Crippen LogP contribution is 2.32. The van der Waals surface area contributed by atoms with E-state index in [1.165, 1.54) is 12.3 Å². The molecule has 0 aliphatic carbocycles. The minimum absolute atomic E-state index is 0.0303. The Balaban J connectivity index is 1.18. The molecule has 0 radical (unpaired) electrons. The molecule has 6 rings (SSSR count). The van der Waals surface area contributed by atoms with E-state index in [0.717, 1.165) is 37.0 Å². The summed E-state index contributed by atoms with van der Waals surface area (Å²) in [6, 6.07) is 10.3. The van der Waals surface area contributed by atoms with Gasteiger partial charge in [-0.15, -0.1) is 0 Å². The third-order valence-electron chi connectivity index (χ3n) is 7.98. The molecule has 4 aromatic rings. The number of fused-ring (bicyclic) bond motifs is 2. The number of rotatable bonds is 8. The standard InChI is InChI=1S/C30H33FN6O4/c1-17-4-3-5-22(31)27(17)41-16-20(38)14-33-23-6-9-32-29(39)26(23)28-34-24-12-18-15-37(19-7-10-36(2)11-8-19)30(40)21(18)13-25(24)35-28/h3-6,9,12-13,19-20,38H,7-8,10-11,14-16H2,1-2H3,(H,34,35)(H2,32,33,39)/t20-/m1/s1. The second-order valence-corrected chi connectivity index (χ2v) is 10.9. The van der Waals surface area contributed by atoms with Crippen molar-refractivity contribution in [1.82, 2.24) is 24.8 Å². The van der Waals surface area contributed by atoms with E-state index >= 15 is 0 Å². The molecule has 2 aromatic carbocycles. The molecule has 214 valence electrons. The number of imidazole rings is 1. The zero-order valence-corrected chi connectivity index (χ0v) is 23.0. The molecule has 2 aliphatic rings. The number of piperidine rings is 1. The maximum Gasteiger partial charge on any atom is 0.261 e. The summed E-state index contributed by atoms with van der Waals surface area (Å²) >= 11 is 0. The summed E-state index contributed by atoms with van der Waals surface area (Å²) < 4.78 is 19.6. The first-order valence-corrected chi connectivity index (χ1v) is 13.8. The lowest BCUT2D eigenvalue weighted by Crippen LogP contribution is -2.43. The van der Waals surface area contributed by atoms with Gasteiger partial charge in [0.2, 0.25) is 0 Å². The molecule has 4 N–H and O–H groups in total. The van der Waals surface area contributed by atoms with Crippen LogP contribution in [0.3, 0.4) is 0 Å². The van der Waals surface area contributed by atoms with E-state index in [2.05, 4.69) is 32.2 Å². The van der Waals surface area contributed by atoms with Crippen LogP contribution in [0.2, 0.25) is 0 Å². The number of halogens is 1. The van der Waals surface area contributed by atoms with Gasteiger partial charge in [0.25, 0.3) is 11.5 Å². The van der Waals surface area contributed by atoms with E-state index in [-0.39, 0.29) is 42.0 Å². The number of carbonyl (C=O) groups excluding carboxylic acids is 1. The number of amides is 1. The Morgan fingerprint density at radius 3 is 2.80 bits per heavy atom. The number of likely N-dealkylation sites (tertiary alicyclic amines) is 1. The molecular weight excluding hydrogens is 527 g/mol. The van der Waals surface area contributed by atoms with Crippen LogP contribution in [0.15, 0.2) is 47.4 Å². The average Bonchev–Trinajstić information content (AvgIpc) is 3.50. The van der Waals surface area contributed by atoms with Gasteiger partial charge in [0.1, 0.15) is 24.1 Å². The molecule has 2 aliphatic heterocycles. The van der Waals surface area contributed by atoms with Crippen LogP contribution in [0, 0.1) is 12.7 Å². The summed E-state index contributed by atoms with van der Waals surface area (Å²) in [5, 5.41) is 13.6. The van der Waals surface area contributed by atoms with Gasteiger partial charge in [0.15, 0.2) is 11.6 Å². The summed E-state index contributed by atoms with van der Waals surface area (Å²) in [5.74, 6) is -0.0114. The van der Waals surface area contributed by atoms with E-state index in [1.807, 2.05) is 11.0 Å². The van der Waals surface area contributed by atoms with E-state index in [4.69, 9.17) is 4.74 Å². The molecule has 10 nitrogen and oxygen atoms in total. The van der Waals surface area contributed by atoms with Crippen LogP contribution in [-0.4, -0.2) is 81.2 Å². The fourth-order valence-corrected chi connectivity index (χ4v) is 5.69. The smallest absolute Gasteiger partial charge is 0.261 e. The topological polar surface area (TPSA) is 127 Å². The Morgan fingerprint density at radius 2 is 2.02 bits per heavy atom. The first-order chi connectivity index (χ1) is 19.8. The maximum absolute atomic E-state index is 14.0. The highest BCUT2D eigenvalue weighted by Gasteiger charge is 2.34. The predicted molar refractivity (Wildman–Crippen MR) is 154 cm³/mol. The quantitative estimate of drug-likeness (QED) is 0.261. The molecule has 0 unspecified atom stereocenters. The van der Waals surface area contributed by atoms with Crippen LogP contribution in [0.4, 0.5) is 10.1 Å². The van der Waals surface area contributed by atoms with Gasteiger partial charge in [-0.05, 0) is 75.3 Å². The zero-order valence-electron chi connectivity index (χ0n) is 23.0. The van der Waals surface area contributed by atoms with Gasteiger partial charge in [-0.2, -0.15) is 0 Å². The van der Waals surface area contributed by atoms with Crippen LogP contribution in [0.5, 0.6) is 5.75 Å². The predicted octanol–water partition coefficient (Wildman–Crippen LogP) is 3.27. The van der Waals surface area contributed by atoms with E-state index in [1.54, 1.807) is 31.2 Å². The molecule has 0 saturated carbocycles. The number of para-hydroxylation sites is 1. The maximum atomic E-state index is 14.0. The number of aliphatic hydroxyl groups is 1. The normalized spacial score (nSPS) is 16.8. The minimum Gasteiger partial charge on any atom is -0.487 e. The number of aliphatic hydroxyl groups excluding tert-OH is 1. The molecule has 1 saturated heterocycles. The Labute approximate surface area is 236 Å². The molecule has 4 heterocycles. The number of H-pyrrole nitrogens is 2.